The van der Waals surface area contributed by atoms with E-state index in [9.17, 15) is 8.42 Å². The van der Waals surface area contributed by atoms with Crippen LogP contribution in [0.3, 0.4) is 0 Å². The molecule has 4 rings (SSSR count). The largest absolute Gasteiger partial charge is 0.370 e. The van der Waals surface area contributed by atoms with Gasteiger partial charge >= 0.3 is 0 Å². The van der Waals surface area contributed by atoms with Crippen molar-refractivity contribution in [1.82, 2.24) is 4.98 Å². The van der Waals surface area contributed by atoms with Gasteiger partial charge < -0.3 is 4.90 Å². The van der Waals surface area contributed by atoms with Crippen molar-refractivity contribution >= 4 is 49.6 Å². The van der Waals surface area contributed by atoms with Crippen LogP contribution >= 0.6 is 23.2 Å². The molecule has 3 aromatic rings. The molecule has 29 heavy (non-hydrogen) atoms. The number of nitrogens with zero attached hydrogens (tertiary/aromatic N) is 2. The number of pyridine rings is 1. The molecule has 0 atom stereocenters. The first kappa shape index (κ1) is 20.5. The summed E-state index contributed by atoms with van der Waals surface area (Å²) in [7, 11) is -3.61. The second-order valence-electron chi connectivity index (χ2n) is 7.66. The zero-order valence-electron chi connectivity index (χ0n) is 16.1. The maximum Gasteiger partial charge on any atom is 0.186 e. The van der Waals surface area contributed by atoms with Crippen molar-refractivity contribution in [2.24, 2.45) is 5.92 Å². The fourth-order valence-corrected chi connectivity index (χ4v) is 5.70. The quantitative estimate of drug-likeness (QED) is 0.509. The minimum Gasteiger partial charge on any atom is -0.370 e. The van der Waals surface area contributed by atoms with Crippen LogP contribution in [0, 0.1) is 5.92 Å². The molecule has 1 aromatic heterocycles. The lowest BCUT2D eigenvalue weighted by Crippen LogP contribution is -2.34. The molecule has 7 heteroatoms. The summed E-state index contributed by atoms with van der Waals surface area (Å²) in [5.74, 6) is 0.534. The maximum absolute atomic E-state index is 13.4. The van der Waals surface area contributed by atoms with E-state index in [0.29, 0.717) is 27.0 Å². The summed E-state index contributed by atoms with van der Waals surface area (Å²) in [6, 6.07) is 12.4. The highest BCUT2D eigenvalue weighted by Crippen LogP contribution is 2.38. The Bertz CT molecular complexity index is 1140. The van der Waals surface area contributed by atoms with E-state index >= 15 is 0 Å². The highest BCUT2D eigenvalue weighted by molar-refractivity contribution is 7.90. The molecule has 1 fully saturated rings. The number of para-hydroxylation sites is 1. The van der Waals surface area contributed by atoms with Crippen molar-refractivity contribution in [3.05, 3.63) is 64.3 Å². The van der Waals surface area contributed by atoms with Crippen LogP contribution < -0.4 is 4.90 Å². The van der Waals surface area contributed by atoms with Crippen LogP contribution in [0.5, 0.6) is 0 Å². The number of piperidine rings is 1. The molecule has 4 nitrogen and oxygen atoms in total. The Labute approximate surface area is 181 Å². The molecular formula is C22H22Cl2N2O2S. The highest BCUT2D eigenvalue weighted by atomic mass is 35.5. The topological polar surface area (TPSA) is 50.3 Å². The Balaban J connectivity index is 1.84. The molecule has 152 valence electrons. The van der Waals surface area contributed by atoms with Crippen LogP contribution in [-0.2, 0) is 15.6 Å². The fourth-order valence-electron chi connectivity index (χ4n) is 3.82. The van der Waals surface area contributed by atoms with Gasteiger partial charge in [-0.15, -0.1) is 0 Å². The molecule has 1 aliphatic rings. The molecular weight excluding hydrogens is 427 g/mol. The standard InChI is InChI=1S/C22H22Cl2N2O2S/c1-15-9-11-26(12-10-15)22-18-3-2-4-19(24)21(18)25-13-20(22)29(27,28)14-16-5-7-17(23)8-6-16/h2-8,13,15H,9-12,14H2,1H3. The molecule has 0 aliphatic carbocycles. The van der Waals surface area contributed by atoms with Crippen LogP contribution in [0.15, 0.2) is 53.6 Å². The predicted molar refractivity (Wildman–Crippen MR) is 120 cm³/mol. The van der Waals surface area contributed by atoms with E-state index in [4.69, 9.17) is 23.2 Å². The van der Waals surface area contributed by atoms with Crippen LogP contribution in [-0.4, -0.2) is 26.5 Å². The predicted octanol–water partition coefficient (Wildman–Crippen LogP) is 5.75. The van der Waals surface area contributed by atoms with Gasteiger partial charge in [0.25, 0.3) is 0 Å². The SMILES string of the molecule is CC1CCN(c2c(S(=O)(=O)Cc3ccc(Cl)cc3)cnc3c(Cl)cccc23)CC1. The maximum atomic E-state index is 13.4. The van der Waals surface area contributed by atoms with E-state index in [1.165, 1.54) is 6.20 Å². The Morgan fingerprint density at radius 3 is 2.45 bits per heavy atom. The first-order valence-electron chi connectivity index (χ1n) is 9.64. The third-order valence-electron chi connectivity index (χ3n) is 5.49. The molecule has 0 spiro atoms. The van der Waals surface area contributed by atoms with Gasteiger partial charge in [-0.1, -0.05) is 54.4 Å². The molecule has 1 saturated heterocycles. The van der Waals surface area contributed by atoms with Crippen LogP contribution in [0.2, 0.25) is 10.0 Å². The second-order valence-corrected chi connectivity index (χ2v) is 10.5. The molecule has 2 heterocycles. The zero-order chi connectivity index (χ0) is 20.6. The minimum atomic E-state index is -3.61. The summed E-state index contributed by atoms with van der Waals surface area (Å²) in [6.45, 7) is 3.86. The van der Waals surface area contributed by atoms with Gasteiger partial charge in [-0.3, -0.25) is 4.98 Å². The number of sulfone groups is 1. The van der Waals surface area contributed by atoms with Gasteiger partial charge in [0.05, 0.1) is 22.0 Å². The van der Waals surface area contributed by atoms with Gasteiger partial charge in [0.2, 0.25) is 0 Å². The number of aromatic nitrogens is 1. The number of hydrogen-bond donors (Lipinski definition) is 0. The molecule has 0 saturated carbocycles. The number of rotatable bonds is 4. The first-order valence-corrected chi connectivity index (χ1v) is 12.1. The van der Waals surface area contributed by atoms with Gasteiger partial charge in [0.15, 0.2) is 9.84 Å². The van der Waals surface area contributed by atoms with Gasteiger partial charge in [0, 0.05) is 29.7 Å². The number of benzene rings is 2. The van der Waals surface area contributed by atoms with Crippen molar-refractivity contribution in [1.29, 1.82) is 0 Å². The summed E-state index contributed by atoms with van der Waals surface area (Å²) in [6.07, 6.45) is 3.52. The molecule has 0 unspecified atom stereocenters. The highest BCUT2D eigenvalue weighted by Gasteiger charge is 2.28. The number of hydrogen-bond acceptors (Lipinski definition) is 4. The third-order valence-corrected chi connectivity index (χ3v) is 7.73. The summed E-state index contributed by atoms with van der Waals surface area (Å²) < 4.78 is 26.8. The Kier molecular flexibility index (Phi) is 5.74. The van der Waals surface area contributed by atoms with Crippen molar-refractivity contribution in [3.8, 4) is 0 Å². The third kappa shape index (κ3) is 4.23. The smallest absolute Gasteiger partial charge is 0.186 e. The summed E-state index contributed by atoms with van der Waals surface area (Å²) >= 11 is 12.3. The number of halogens is 2. The lowest BCUT2D eigenvalue weighted by molar-refractivity contribution is 0.437. The lowest BCUT2D eigenvalue weighted by Gasteiger charge is -2.34. The normalized spacial score (nSPS) is 15.8. The Morgan fingerprint density at radius 1 is 1.07 bits per heavy atom. The molecule has 0 N–H and O–H groups in total. The summed E-state index contributed by atoms with van der Waals surface area (Å²) in [4.78, 5) is 6.85. The average molecular weight is 449 g/mol. The van der Waals surface area contributed by atoms with Crippen LogP contribution in [0.25, 0.3) is 10.9 Å². The second kappa shape index (κ2) is 8.13. The van der Waals surface area contributed by atoms with E-state index in [1.807, 2.05) is 12.1 Å². The molecule has 2 aromatic carbocycles. The summed E-state index contributed by atoms with van der Waals surface area (Å²) in [5.41, 5.74) is 2.05. The van der Waals surface area contributed by atoms with Crippen molar-refractivity contribution in [3.63, 3.8) is 0 Å². The van der Waals surface area contributed by atoms with E-state index in [-0.39, 0.29) is 10.6 Å². The van der Waals surface area contributed by atoms with Crippen molar-refractivity contribution in [2.45, 2.75) is 30.4 Å². The van der Waals surface area contributed by atoms with E-state index in [0.717, 1.165) is 37.0 Å². The molecule has 0 bridgehead atoms. The average Bonchev–Trinajstić information content (AvgIpc) is 2.70. The van der Waals surface area contributed by atoms with Crippen LogP contribution in [0.4, 0.5) is 5.69 Å². The first-order chi connectivity index (χ1) is 13.8. The van der Waals surface area contributed by atoms with Gasteiger partial charge in [-0.2, -0.15) is 0 Å². The summed E-state index contributed by atoms with van der Waals surface area (Å²) in [5, 5.41) is 1.89. The van der Waals surface area contributed by atoms with Gasteiger partial charge in [-0.25, -0.2) is 8.42 Å². The molecule has 0 amide bonds. The molecule has 1 aliphatic heterocycles. The monoisotopic (exact) mass is 448 g/mol. The fraction of sp³-hybridized carbons (Fsp3) is 0.318. The zero-order valence-corrected chi connectivity index (χ0v) is 18.4. The van der Waals surface area contributed by atoms with Crippen molar-refractivity contribution in [2.75, 3.05) is 18.0 Å². The Hall–Kier alpha value is -1.82. The number of fused-ring (bicyclic) bond motifs is 1. The van der Waals surface area contributed by atoms with E-state index in [2.05, 4.69) is 16.8 Å². The lowest BCUT2D eigenvalue weighted by atomic mass is 9.98. The Morgan fingerprint density at radius 2 is 1.76 bits per heavy atom. The number of anilines is 1. The molecule has 0 radical (unpaired) electrons. The van der Waals surface area contributed by atoms with E-state index < -0.39 is 9.84 Å². The van der Waals surface area contributed by atoms with Gasteiger partial charge in [-0.05, 0) is 42.5 Å². The van der Waals surface area contributed by atoms with Crippen LogP contribution in [0.1, 0.15) is 25.3 Å². The minimum absolute atomic E-state index is 0.102. The van der Waals surface area contributed by atoms with Crippen molar-refractivity contribution < 1.29 is 8.42 Å². The van der Waals surface area contributed by atoms with E-state index in [1.54, 1.807) is 30.3 Å². The van der Waals surface area contributed by atoms with Gasteiger partial charge in [0.1, 0.15) is 4.90 Å².